The van der Waals surface area contributed by atoms with Gasteiger partial charge in [0.25, 0.3) is 0 Å². The SMILES string of the molecule is C[C@H]1NCCc2c1sc(NC(=O)CCN[C@H]1C[C@H]3CNC[C@H]3C1)c2-c1nc2cnccc2s1. The highest BCUT2D eigenvalue weighted by Gasteiger charge is 2.37. The molecule has 0 bridgehead atoms. The molecule has 3 aromatic heterocycles. The topological polar surface area (TPSA) is 91.0 Å². The fourth-order valence-corrected chi connectivity index (χ4v) is 8.07. The van der Waals surface area contributed by atoms with E-state index in [2.05, 4.69) is 33.2 Å². The minimum Gasteiger partial charge on any atom is -0.317 e. The number of anilines is 1. The molecular formula is C24H30N6OS2. The lowest BCUT2D eigenvalue weighted by Crippen LogP contribution is -2.31. The average Bonchev–Trinajstić information content (AvgIpc) is 3.55. The van der Waals surface area contributed by atoms with Gasteiger partial charge in [-0.3, -0.25) is 9.78 Å². The Morgan fingerprint density at radius 1 is 1.24 bits per heavy atom. The number of rotatable bonds is 6. The molecule has 1 saturated heterocycles. The van der Waals surface area contributed by atoms with Crippen LogP contribution in [0, 0.1) is 11.8 Å². The van der Waals surface area contributed by atoms with Gasteiger partial charge >= 0.3 is 0 Å². The largest absolute Gasteiger partial charge is 0.317 e. The smallest absolute Gasteiger partial charge is 0.226 e. The Balaban J connectivity index is 1.18. The number of nitrogens with one attached hydrogen (secondary N) is 4. The van der Waals surface area contributed by atoms with Crippen LogP contribution in [-0.4, -0.2) is 48.1 Å². The van der Waals surface area contributed by atoms with Gasteiger partial charge in [-0.25, -0.2) is 4.98 Å². The van der Waals surface area contributed by atoms with Crippen molar-refractivity contribution in [1.82, 2.24) is 25.9 Å². The number of thiophene rings is 1. The summed E-state index contributed by atoms with van der Waals surface area (Å²) in [6.07, 6.45) is 7.54. The summed E-state index contributed by atoms with van der Waals surface area (Å²) >= 11 is 3.38. The number of hydrogen-bond donors (Lipinski definition) is 4. The second-order valence-electron chi connectivity index (χ2n) is 9.54. The van der Waals surface area contributed by atoms with Gasteiger partial charge in [-0.15, -0.1) is 22.7 Å². The zero-order valence-corrected chi connectivity index (χ0v) is 20.5. The third kappa shape index (κ3) is 4.21. The van der Waals surface area contributed by atoms with E-state index in [0.717, 1.165) is 70.2 Å². The Bertz CT molecular complexity index is 1130. The number of pyridine rings is 1. The van der Waals surface area contributed by atoms with Crippen molar-refractivity contribution >= 4 is 43.8 Å². The van der Waals surface area contributed by atoms with Crippen molar-refractivity contribution in [1.29, 1.82) is 0 Å². The highest BCUT2D eigenvalue weighted by atomic mass is 32.1. The van der Waals surface area contributed by atoms with Crippen molar-refractivity contribution in [2.45, 2.75) is 44.7 Å². The van der Waals surface area contributed by atoms with Gasteiger partial charge < -0.3 is 21.3 Å². The molecule has 0 unspecified atom stereocenters. The van der Waals surface area contributed by atoms with E-state index in [1.54, 1.807) is 22.7 Å². The van der Waals surface area contributed by atoms with Crippen molar-refractivity contribution in [3.05, 3.63) is 28.9 Å². The van der Waals surface area contributed by atoms with Crippen LogP contribution in [0.3, 0.4) is 0 Å². The van der Waals surface area contributed by atoms with Crippen molar-refractivity contribution in [2.24, 2.45) is 11.8 Å². The summed E-state index contributed by atoms with van der Waals surface area (Å²) in [5, 5.41) is 15.8. The molecule has 6 rings (SSSR count). The summed E-state index contributed by atoms with van der Waals surface area (Å²) in [4.78, 5) is 23.3. The lowest BCUT2D eigenvalue weighted by molar-refractivity contribution is -0.116. The highest BCUT2D eigenvalue weighted by Crippen LogP contribution is 2.46. The van der Waals surface area contributed by atoms with Crippen LogP contribution in [0.25, 0.3) is 20.8 Å². The normalized spacial score (nSPS) is 26.5. The molecule has 9 heteroatoms. The minimum atomic E-state index is 0.0746. The standard InChI is InChI=1S/C24H30N6OS2/c1-13-22-17(2-6-27-13)21(23-29-18-12-25-5-3-19(18)32-23)24(33-22)30-20(31)4-7-28-16-8-14-10-26-11-15(14)9-16/h3,5,12-16,26-28H,2,4,6-11H2,1H3,(H,30,31)/t13-,14-,15+,16-/m1/s1. The van der Waals surface area contributed by atoms with E-state index in [1.165, 1.54) is 23.3 Å². The maximum Gasteiger partial charge on any atom is 0.226 e. The highest BCUT2D eigenvalue weighted by molar-refractivity contribution is 7.23. The molecule has 33 heavy (non-hydrogen) atoms. The second kappa shape index (κ2) is 9.03. The van der Waals surface area contributed by atoms with E-state index < -0.39 is 0 Å². The van der Waals surface area contributed by atoms with E-state index in [-0.39, 0.29) is 11.9 Å². The second-order valence-corrected chi connectivity index (χ2v) is 11.6. The predicted octanol–water partition coefficient (Wildman–Crippen LogP) is 3.54. The number of thiazole rings is 1. The summed E-state index contributed by atoms with van der Waals surface area (Å²) in [6, 6.07) is 2.86. The molecule has 1 aliphatic carbocycles. The molecule has 1 amide bonds. The molecule has 0 aromatic carbocycles. The third-order valence-corrected chi connectivity index (χ3v) is 9.74. The summed E-state index contributed by atoms with van der Waals surface area (Å²) < 4.78 is 1.12. The maximum absolute atomic E-state index is 12.9. The van der Waals surface area contributed by atoms with E-state index in [4.69, 9.17) is 4.98 Å². The monoisotopic (exact) mass is 482 g/mol. The molecule has 2 aliphatic heterocycles. The van der Waals surface area contributed by atoms with E-state index >= 15 is 0 Å². The van der Waals surface area contributed by atoms with Gasteiger partial charge in [-0.05, 0) is 69.3 Å². The number of hydrogen-bond acceptors (Lipinski definition) is 8. The minimum absolute atomic E-state index is 0.0746. The summed E-state index contributed by atoms with van der Waals surface area (Å²) in [5.41, 5.74) is 3.36. The van der Waals surface area contributed by atoms with Crippen molar-refractivity contribution in [2.75, 3.05) is 31.5 Å². The molecule has 5 heterocycles. The number of fused-ring (bicyclic) bond motifs is 3. The zero-order valence-electron chi connectivity index (χ0n) is 18.8. The van der Waals surface area contributed by atoms with Crippen molar-refractivity contribution in [3.8, 4) is 10.6 Å². The molecule has 2 fully saturated rings. The van der Waals surface area contributed by atoms with E-state index in [0.29, 0.717) is 12.5 Å². The van der Waals surface area contributed by atoms with Crippen molar-refractivity contribution < 1.29 is 4.79 Å². The zero-order chi connectivity index (χ0) is 22.4. The molecule has 4 N–H and O–H groups in total. The molecule has 3 aromatic rings. The lowest BCUT2D eigenvalue weighted by Gasteiger charge is -2.20. The lowest BCUT2D eigenvalue weighted by atomic mass is 10.0. The van der Waals surface area contributed by atoms with Gasteiger partial charge in [0, 0.05) is 41.7 Å². The number of nitrogens with zero attached hydrogens (tertiary/aromatic N) is 2. The summed E-state index contributed by atoms with van der Waals surface area (Å²) in [5.74, 6) is 1.71. The van der Waals surface area contributed by atoms with E-state index in [9.17, 15) is 4.79 Å². The molecule has 174 valence electrons. The maximum atomic E-state index is 12.9. The van der Waals surface area contributed by atoms with Crippen LogP contribution in [0.5, 0.6) is 0 Å². The molecule has 4 atom stereocenters. The number of carbonyl (C=O) groups is 1. The average molecular weight is 483 g/mol. The van der Waals surface area contributed by atoms with Gasteiger partial charge in [0.1, 0.15) is 15.5 Å². The Hall–Kier alpha value is -1.91. The first-order valence-corrected chi connectivity index (χ1v) is 13.6. The van der Waals surface area contributed by atoms with Crippen molar-refractivity contribution in [3.63, 3.8) is 0 Å². The van der Waals surface area contributed by atoms with Crippen LogP contribution in [0.1, 0.15) is 42.7 Å². The van der Waals surface area contributed by atoms with Crippen LogP contribution >= 0.6 is 22.7 Å². The van der Waals surface area contributed by atoms with Crippen LogP contribution in [0.15, 0.2) is 18.5 Å². The first-order chi connectivity index (χ1) is 16.2. The predicted molar refractivity (Wildman–Crippen MR) is 135 cm³/mol. The van der Waals surface area contributed by atoms with E-state index in [1.807, 2.05) is 18.5 Å². The van der Waals surface area contributed by atoms with Gasteiger partial charge in [-0.2, -0.15) is 0 Å². The number of amides is 1. The van der Waals surface area contributed by atoms with Crippen LogP contribution in [0.4, 0.5) is 5.00 Å². The Labute approximate surface area is 201 Å². The summed E-state index contributed by atoms with van der Waals surface area (Å²) in [6.45, 7) is 6.19. The number of carbonyl (C=O) groups excluding carboxylic acids is 1. The van der Waals surface area contributed by atoms with Gasteiger partial charge in [-0.1, -0.05) is 0 Å². The third-order valence-electron chi connectivity index (χ3n) is 7.35. The Morgan fingerprint density at radius 2 is 2.09 bits per heavy atom. The molecule has 0 radical (unpaired) electrons. The number of aromatic nitrogens is 2. The first kappa shape index (κ1) is 21.6. The molecular weight excluding hydrogens is 452 g/mol. The summed E-state index contributed by atoms with van der Waals surface area (Å²) in [7, 11) is 0. The fraction of sp³-hybridized carbons (Fsp3) is 0.542. The Morgan fingerprint density at radius 3 is 2.91 bits per heavy atom. The van der Waals surface area contributed by atoms with Gasteiger partial charge in [0.2, 0.25) is 5.91 Å². The van der Waals surface area contributed by atoms with Gasteiger partial charge in [0.05, 0.1) is 10.9 Å². The molecule has 3 aliphatic rings. The van der Waals surface area contributed by atoms with Crippen LogP contribution in [-0.2, 0) is 11.2 Å². The van der Waals surface area contributed by atoms with Crippen LogP contribution < -0.4 is 21.3 Å². The molecule has 0 spiro atoms. The fourth-order valence-electron chi connectivity index (χ4n) is 5.70. The Kier molecular flexibility index (Phi) is 5.92. The van der Waals surface area contributed by atoms with Crippen LogP contribution in [0.2, 0.25) is 0 Å². The molecule has 7 nitrogen and oxygen atoms in total. The first-order valence-electron chi connectivity index (χ1n) is 12.0. The molecule has 1 saturated carbocycles. The van der Waals surface area contributed by atoms with Gasteiger partial charge in [0.15, 0.2) is 0 Å². The quantitative estimate of drug-likeness (QED) is 0.430.